The van der Waals surface area contributed by atoms with Crippen molar-refractivity contribution in [2.24, 2.45) is 7.05 Å². The molecule has 2 heterocycles. The predicted molar refractivity (Wildman–Crippen MR) is 95.9 cm³/mol. The Labute approximate surface area is 153 Å². The van der Waals surface area contributed by atoms with Crippen molar-refractivity contribution in [1.82, 2.24) is 19.6 Å². The third kappa shape index (κ3) is 4.62. The molecule has 8 nitrogen and oxygen atoms in total. The number of aryl methyl sites for hydroxylation is 1. The lowest BCUT2D eigenvalue weighted by molar-refractivity contribution is -0.145. The minimum absolute atomic E-state index is 0.0693. The number of hydrogen-bond acceptors (Lipinski definition) is 4. The van der Waals surface area contributed by atoms with Gasteiger partial charge < -0.3 is 14.9 Å². The number of amides is 2. The van der Waals surface area contributed by atoms with Gasteiger partial charge in [-0.15, -0.1) is 0 Å². The smallest absolute Gasteiger partial charge is 0.323 e. The second kappa shape index (κ2) is 8.33. The number of carbonyl (C=O) groups is 3. The van der Waals surface area contributed by atoms with Crippen LogP contribution in [0.5, 0.6) is 0 Å². The Balaban J connectivity index is 2.09. The van der Waals surface area contributed by atoms with Gasteiger partial charge in [-0.05, 0) is 31.2 Å². The predicted octanol–water partition coefficient (Wildman–Crippen LogP) is 1.47. The zero-order chi connectivity index (χ0) is 19.4. The van der Waals surface area contributed by atoms with Gasteiger partial charge in [-0.2, -0.15) is 5.10 Å². The highest BCUT2D eigenvalue weighted by Crippen LogP contribution is 2.20. The van der Waals surface area contributed by atoms with E-state index in [1.54, 1.807) is 16.6 Å². The molecule has 144 valence electrons. The molecule has 0 spiro atoms. The number of aliphatic carboxylic acids is 1. The second-order valence-corrected chi connectivity index (χ2v) is 7.15. The first-order valence-corrected chi connectivity index (χ1v) is 9.03. The van der Waals surface area contributed by atoms with E-state index < -0.39 is 5.97 Å². The summed E-state index contributed by atoms with van der Waals surface area (Å²) in [5.74, 6) is -1.09. The molecule has 0 aliphatic carbocycles. The van der Waals surface area contributed by atoms with Gasteiger partial charge in [-0.25, -0.2) is 0 Å². The van der Waals surface area contributed by atoms with Crippen LogP contribution < -0.4 is 0 Å². The summed E-state index contributed by atoms with van der Waals surface area (Å²) in [7, 11) is 1.77. The quantitative estimate of drug-likeness (QED) is 0.854. The molecule has 1 atom stereocenters. The van der Waals surface area contributed by atoms with E-state index in [1.165, 1.54) is 11.8 Å². The Morgan fingerprint density at radius 2 is 2.00 bits per heavy atom. The fourth-order valence-electron chi connectivity index (χ4n) is 3.37. The number of aromatic nitrogens is 2. The van der Waals surface area contributed by atoms with Gasteiger partial charge in [0.2, 0.25) is 5.91 Å². The molecular formula is C18H28N4O4. The van der Waals surface area contributed by atoms with E-state index in [2.05, 4.69) is 5.10 Å². The van der Waals surface area contributed by atoms with Crippen LogP contribution in [0.4, 0.5) is 0 Å². The number of carbonyl (C=O) groups excluding carboxylic acids is 2. The van der Waals surface area contributed by atoms with Gasteiger partial charge in [0, 0.05) is 33.1 Å². The third-order valence-electron chi connectivity index (χ3n) is 4.85. The molecule has 1 fully saturated rings. The number of carboxylic acid groups (broad SMARTS) is 1. The molecule has 1 aromatic rings. The average molecular weight is 364 g/mol. The van der Waals surface area contributed by atoms with E-state index in [0.717, 1.165) is 12.1 Å². The zero-order valence-electron chi connectivity index (χ0n) is 15.9. The summed E-state index contributed by atoms with van der Waals surface area (Å²) in [6, 6.07) is 1.68. The summed E-state index contributed by atoms with van der Waals surface area (Å²) in [4.78, 5) is 38.9. The highest BCUT2D eigenvalue weighted by molar-refractivity contribution is 5.92. The summed E-state index contributed by atoms with van der Waals surface area (Å²) in [6.45, 7) is 6.25. The van der Waals surface area contributed by atoms with Gasteiger partial charge in [-0.1, -0.05) is 13.8 Å². The molecule has 1 unspecified atom stereocenters. The van der Waals surface area contributed by atoms with Crippen molar-refractivity contribution >= 4 is 17.8 Å². The Bertz CT molecular complexity index is 683. The van der Waals surface area contributed by atoms with Crippen molar-refractivity contribution in [3.8, 4) is 0 Å². The van der Waals surface area contributed by atoms with Gasteiger partial charge in [0.25, 0.3) is 5.91 Å². The maximum absolute atomic E-state index is 12.9. The lowest BCUT2D eigenvalue weighted by Gasteiger charge is -2.28. The molecule has 2 rings (SSSR count). The first kappa shape index (κ1) is 19.9. The van der Waals surface area contributed by atoms with Crippen LogP contribution >= 0.6 is 0 Å². The molecule has 0 bridgehead atoms. The molecule has 1 aliphatic rings. The monoisotopic (exact) mass is 364 g/mol. The molecule has 1 aromatic heterocycles. The SMILES string of the molecule is CC(=O)N(CC(=O)O)C1CCCN(C(=O)c2cc(C(C)C)nn2C)CC1. The van der Waals surface area contributed by atoms with Crippen molar-refractivity contribution in [2.75, 3.05) is 19.6 Å². The Morgan fingerprint density at radius 3 is 2.54 bits per heavy atom. The van der Waals surface area contributed by atoms with Crippen molar-refractivity contribution in [1.29, 1.82) is 0 Å². The molecular weight excluding hydrogens is 336 g/mol. The van der Waals surface area contributed by atoms with E-state index in [1.807, 2.05) is 19.9 Å². The Kier molecular flexibility index (Phi) is 6.39. The van der Waals surface area contributed by atoms with Crippen molar-refractivity contribution < 1.29 is 19.5 Å². The van der Waals surface area contributed by atoms with Crippen LogP contribution in [-0.2, 0) is 16.6 Å². The van der Waals surface area contributed by atoms with E-state index in [4.69, 9.17) is 5.11 Å². The summed E-state index contributed by atoms with van der Waals surface area (Å²) >= 11 is 0. The molecule has 26 heavy (non-hydrogen) atoms. The highest BCUT2D eigenvalue weighted by Gasteiger charge is 2.29. The van der Waals surface area contributed by atoms with Crippen molar-refractivity contribution in [3.63, 3.8) is 0 Å². The first-order chi connectivity index (χ1) is 12.2. The molecule has 1 saturated heterocycles. The van der Waals surface area contributed by atoms with E-state index in [9.17, 15) is 14.4 Å². The van der Waals surface area contributed by atoms with Crippen LogP contribution in [0.2, 0.25) is 0 Å². The van der Waals surface area contributed by atoms with Crippen LogP contribution in [0.15, 0.2) is 6.07 Å². The number of hydrogen-bond donors (Lipinski definition) is 1. The summed E-state index contributed by atoms with van der Waals surface area (Å²) < 4.78 is 1.62. The maximum atomic E-state index is 12.9. The topological polar surface area (TPSA) is 95.7 Å². The molecule has 1 aliphatic heterocycles. The van der Waals surface area contributed by atoms with Crippen molar-refractivity contribution in [3.05, 3.63) is 17.5 Å². The molecule has 2 amide bonds. The summed E-state index contributed by atoms with van der Waals surface area (Å²) in [6.07, 6.45) is 2.00. The molecule has 0 radical (unpaired) electrons. The Morgan fingerprint density at radius 1 is 1.31 bits per heavy atom. The second-order valence-electron chi connectivity index (χ2n) is 7.15. The largest absolute Gasteiger partial charge is 0.480 e. The number of likely N-dealkylation sites (tertiary alicyclic amines) is 1. The maximum Gasteiger partial charge on any atom is 0.323 e. The van der Waals surface area contributed by atoms with Crippen LogP contribution in [0.3, 0.4) is 0 Å². The minimum Gasteiger partial charge on any atom is -0.480 e. The fourth-order valence-corrected chi connectivity index (χ4v) is 3.37. The van der Waals surface area contributed by atoms with Gasteiger partial charge in [0.15, 0.2) is 0 Å². The zero-order valence-corrected chi connectivity index (χ0v) is 15.9. The molecule has 0 aromatic carbocycles. The van der Waals surface area contributed by atoms with E-state index >= 15 is 0 Å². The number of carboxylic acids is 1. The van der Waals surface area contributed by atoms with Crippen LogP contribution in [0.1, 0.15) is 62.1 Å². The number of rotatable bonds is 5. The lowest BCUT2D eigenvalue weighted by atomic mass is 10.1. The minimum atomic E-state index is -1.02. The summed E-state index contributed by atoms with van der Waals surface area (Å²) in [5, 5.41) is 13.4. The van der Waals surface area contributed by atoms with Gasteiger partial charge in [0.05, 0.1) is 5.69 Å². The first-order valence-electron chi connectivity index (χ1n) is 9.03. The Hall–Kier alpha value is -2.38. The van der Waals surface area contributed by atoms with Crippen LogP contribution in [0, 0.1) is 0 Å². The van der Waals surface area contributed by atoms with Gasteiger partial charge >= 0.3 is 5.97 Å². The fraction of sp³-hybridized carbons (Fsp3) is 0.667. The molecule has 0 saturated carbocycles. The normalized spacial score (nSPS) is 17.9. The number of nitrogens with zero attached hydrogens (tertiary/aromatic N) is 4. The lowest BCUT2D eigenvalue weighted by Crippen LogP contribution is -2.43. The van der Waals surface area contributed by atoms with Gasteiger partial charge in [0.1, 0.15) is 12.2 Å². The molecule has 8 heteroatoms. The van der Waals surface area contributed by atoms with Crippen molar-refractivity contribution in [2.45, 2.75) is 52.0 Å². The van der Waals surface area contributed by atoms with E-state index in [0.29, 0.717) is 31.6 Å². The van der Waals surface area contributed by atoms with Crippen LogP contribution in [-0.4, -0.2) is 68.1 Å². The summed E-state index contributed by atoms with van der Waals surface area (Å²) in [5.41, 5.74) is 1.44. The van der Waals surface area contributed by atoms with E-state index in [-0.39, 0.29) is 30.3 Å². The van der Waals surface area contributed by atoms with Crippen LogP contribution in [0.25, 0.3) is 0 Å². The van der Waals surface area contributed by atoms with Gasteiger partial charge in [-0.3, -0.25) is 19.1 Å². The average Bonchev–Trinajstić information content (AvgIpc) is 2.79. The third-order valence-corrected chi connectivity index (χ3v) is 4.85. The molecule has 1 N–H and O–H groups in total. The standard InChI is InChI=1S/C18H28N4O4/c1-12(2)15-10-16(20(4)19-15)18(26)21-8-5-6-14(7-9-21)22(13(3)23)11-17(24)25/h10,12,14H,5-9,11H2,1-4H3,(H,24,25). The highest BCUT2D eigenvalue weighted by atomic mass is 16.4.